The monoisotopic (exact) mass is 240 g/mol. The SMILES string of the molecule is CC1CN(CCNCc2ccco2)CCS1. The summed E-state index contributed by atoms with van der Waals surface area (Å²) in [6.07, 6.45) is 1.72. The zero-order valence-corrected chi connectivity index (χ0v) is 10.6. The van der Waals surface area contributed by atoms with Crippen LogP contribution in [0.1, 0.15) is 12.7 Å². The Morgan fingerprint density at radius 3 is 3.31 bits per heavy atom. The predicted octanol–water partition coefficient (Wildman–Crippen LogP) is 1.81. The molecule has 90 valence electrons. The molecular weight excluding hydrogens is 220 g/mol. The van der Waals surface area contributed by atoms with E-state index in [0.29, 0.717) is 0 Å². The number of nitrogens with one attached hydrogen (secondary N) is 1. The zero-order chi connectivity index (χ0) is 11.2. The van der Waals surface area contributed by atoms with Crippen LogP contribution in [-0.2, 0) is 6.54 Å². The molecular formula is C12H20N2OS. The third-order valence-electron chi connectivity index (χ3n) is 2.81. The van der Waals surface area contributed by atoms with Gasteiger partial charge in [-0.25, -0.2) is 0 Å². The van der Waals surface area contributed by atoms with Gasteiger partial charge in [-0.3, -0.25) is 0 Å². The standard InChI is InChI=1S/C12H20N2OS/c1-11-10-14(6-8-16-11)5-4-13-9-12-3-2-7-15-12/h2-3,7,11,13H,4-6,8-10H2,1H3. The van der Waals surface area contributed by atoms with E-state index in [1.165, 1.54) is 18.8 Å². The van der Waals surface area contributed by atoms with E-state index in [1.807, 2.05) is 12.1 Å². The molecule has 1 aliphatic heterocycles. The first-order chi connectivity index (χ1) is 7.84. The van der Waals surface area contributed by atoms with Gasteiger partial charge in [-0.05, 0) is 12.1 Å². The minimum absolute atomic E-state index is 0.791. The molecule has 0 aromatic carbocycles. The Morgan fingerprint density at radius 1 is 1.62 bits per heavy atom. The van der Waals surface area contributed by atoms with Crippen LogP contribution < -0.4 is 5.32 Å². The number of hydrogen-bond donors (Lipinski definition) is 1. The molecule has 1 N–H and O–H groups in total. The summed E-state index contributed by atoms with van der Waals surface area (Å²) in [5.41, 5.74) is 0. The quantitative estimate of drug-likeness (QED) is 0.795. The van der Waals surface area contributed by atoms with E-state index in [4.69, 9.17) is 4.42 Å². The van der Waals surface area contributed by atoms with Crippen LogP contribution in [0.3, 0.4) is 0 Å². The van der Waals surface area contributed by atoms with E-state index in [1.54, 1.807) is 6.26 Å². The van der Waals surface area contributed by atoms with Gasteiger partial charge in [0.15, 0.2) is 0 Å². The Hall–Kier alpha value is -0.450. The van der Waals surface area contributed by atoms with Crippen LogP contribution in [0.4, 0.5) is 0 Å². The van der Waals surface area contributed by atoms with Crippen molar-refractivity contribution in [3.63, 3.8) is 0 Å². The third-order valence-corrected chi connectivity index (χ3v) is 3.95. The molecule has 1 fully saturated rings. The van der Waals surface area contributed by atoms with E-state index in [2.05, 4.69) is 28.9 Å². The van der Waals surface area contributed by atoms with Gasteiger partial charge in [-0.2, -0.15) is 11.8 Å². The molecule has 1 aliphatic rings. The third kappa shape index (κ3) is 3.85. The summed E-state index contributed by atoms with van der Waals surface area (Å²) < 4.78 is 5.26. The van der Waals surface area contributed by atoms with Gasteiger partial charge < -0.3 is 14.6 Å². The highest BCUT2D eigenvalue weighted by Crippen LogP contribution is 2.16. The molecule has 0 amide bonds. The minimum atomic E-state index is 0.791. The van der Waals surface area contributed by atoms with Gasteiger partial charge in [0.1, 0.15) is 5.76 Å². The van der Waals surface area contributed by atoms with Crippen LogP contribution in [0.5, 0.6) is 0 Å². The van der Waals surface area contributed by atoms with Crippen molar-refractivity contribution in [2.75, 3.05) is 31.9 Å². The number of furan rings is 1. The van der Waals surface area contributed by atoms with Crippen molar-refractivity contribution in [1.29, 1.82) is 0 Å². The van der Waals surface area contributed by atoms with Crippen LogP contribution in [0, 0.1) is 0 Å². The Kier molecular flexibility index (Phi) is 4.75. The van der Waals surface area contributed by atoms with Gasteiger partial charge in [0.2, 0.25) is 0 Å². The van der Waals surface area contributed by atoms with Crippen molar-refractivity contribution in [3.8, 4) is 0 Å². The van der Waals surface area contributed by atoms with Crippen molar-refractivity contribution in [2.24, 2.45) is 0 Å². The fourth-order valence-electron chi connectivity index (χ4n) is 1.96. The Labute approximate surface area is 102 Å². The first-order valence-corrected chi connectivity index (χ1v) is 6.96. The van der Waals surface area contributed by atoms with Crippen LogP contribution in [-0.4, -0.2) is 42.1 Å². The molecule has 1 unspecified atom stereocenters. The summed E-state index contributed by atoms with van der Waals surface area (Å²) in [6.45, 7) is 7.80. The summed E-state index contributed by atoms with van der Waals surface area (Å²) in [7, 11) is 0. The van der Waals surface area contributed by atoms with Crippen LogP contribution in [0.2, 0.25) is 0 Å². The zero-order valence-electron chi connectivity index (χ0n) is 9.82. The molecule has 1 aromatic heterocycles. The summed E-state index contributed by atoms with van der Waals surface area (Å²) in [5, 5.41) is 4.20. The van der Waals surface area contributed by atoms with Crippen molar-refractivity contribution in [1.82, 2.24) is 10.2 Å². The first kappa shape index (κ1) is 12.0. The molecule has 1 atom stereocenters. The van der Waals surface area contributed by atoms with Gasteiger partial charge in [-0.1, -0.05) is 6.92 Å². The van der Waals surface area contributed by atoms with Gasteiger partial charge in [0.25, 0.3) is 0 Å². The molecule has 0 bridgehead atoms. The van der Waals surface area contributed by atoms with Gasteiger partial charge in [-0.15, -0.1) is 0 Å². The average molecular weight is 240 g/mol. The van der Waals surface area contributed by atoms with Gasteiger partial charge >= 0.3 is 0 Å². The molecule has 1 saturated heterocycles. The largest absolute Gasteiger partial charge is 0.468 e. The first-order valence-electron chi connectivity index (χ1n) is 5.91. The highest BCUT2D eigenvalue weighted by Gasteiger charge is 2.15. The molecule has 2 heterocycles. The Morgan fingerprint density at radius 2 is 2.56 bits per heavy atom. The number of nitrogens with zero attached hydrogens (tertiary/aromatic N) is 1. The molecule has 0 aliphatic carbocycles. The lowest BCUT2D eigenvalue weighted by atomic mass is 10.3. The van der Waals surface area contributed by atoms with E-state index >= 15 is 0 Å². The van der Waals surface area contributed by atoms with Crippen molar-refractivity contribution in [3.05, 3.63) is 24.2 Å². The van der Waals surface area contributed by atoms with E-state index in [9.17, 15) is 0 Å². The summed E-state index contributed by atoms with van der Waals surface area (Å²) >= 11 is 2.08. The second-order valence-electron chi connectivity index (χ2n) is 4.24. The normalized spacial score (nSPS) is 22.4. The van der Waals surface area contributed by atoms with Crippen molar-refractivity contribution < 1.29 is 4.42 Å². The molecule has 16 heavy (non-hydrogen) atoms. The molecule has 0 saturated carbocycles. The molecule has 3 nitrogen and oxygen atoms in total. The summed E-state index contributed by atoms with van der Waals surface area (Å²) in [6, 6.07) is 3.94. The van der Waals surface area contributed by atoms with E-state index in [0.717, 1.165) is 30.6 Å². The predicted molar refractivity (Wildman–Crippen MR) is 68.8 cm³/mol. The lowest BCUT2D eigenvalue weighted by molar-refractivity contribution is 0.284. The van der Waals surface area contributed by atoms with Crippen molar-refractivity contribution >= 4 is 11.8 Å². The Bertz CT molecular complexity index is 289. The molecule has 2 rings (SSSR count). The maximum atomic E-state index is 5.26. The summed E-state index contributed by atoms with van der Waals surface area (Å²) in [5.74, 6) is 2.29. The average Bonchev–Trinajstić information content (AvgIpc) is 2.77. The van der Waals surface area contributed by atoms with Crippen LogP contribution in [0.25, 0.3) is 0 Å². The van der Waals surface area contributed by atoms with Crippen LogP contribution >= 0.6 is 11.8 Å². The number of thioether (sulfide) groups is 1. The molecule has 0 spiro atoms. The lowest BCUT2D eigenvalue weighted by Crippen LogP contribution is -2.40. The highest BCUT2D eigenvalue weighted by molar-refractivity contribution is 7.99. The maximum absolute atomic E-state index is 5.26. The molecule has 4 heteroatoms. The lowest BCUT2D eigenvalue weighted by Gasteiger charge is -2.30. The van der Waals surface area contributed by atoms with Crippen molar-refractivity contribution in [2.45, 2.75) is 18.7 Å². The number of hydrogen-bond acceptors (Lipinski definition) is 4. The topological polar surface area (TPSA) is 28.4 Å². The molecule has 1 aromatic rings. The second kappa shape index (κ2) is 6.33. The van der Waals surface area contributed by atoms with Gasteiger partial charge in [0, 0.05) is 37.2 Å². The molecule has 0 radical (unpaired) electrons. The van der Waals surface area contributed by atoms with E-state index in [-0.39, 0.29) is 0 Å². The van der Waals surface area contributed by atoms with Gasteiger partial charge in [0.05, 0.1) is 12.8 Å². The van der Waals surface area contributed by atoms with E-state index < -0.39 is 0 Å². The number of rotatable bonds is 5. The smallest absolute Gasteiger partial charge is 0.117 e. The minimum Gasteiger partial charge on any atom is -0.468 e. The highest BCUT2D eigenvalue weighted by atomic mass is 32.2. The summed E-state index contributed by atoms with van der Waals surface area (Å²) in [4.78, 5) is 2.54. The second-order valence-corrected chi connectivity index (χ2v) is 5.78. The van der Waals surface area contributed by atoms with Crippen LogP contribution in [0.15, 0.2) is 22.8 Å². The fourth-order valence-corrected chi connectivity index (χ4v) is 3.04. The maximum Gasteiger partial charge on any atom is 0.117 e. The fraction of sp³-hybridized carbons (Fsp3) is 0.667. The Balaban J connectivity index is 1.57.